The minimum Gasteiger partial charge on any atom is -0.491 e. The van der Waals surface area contributed by atoms with Crippen LogP contribution in [0.15, 0.2) is 53.4 Å². The molecule has 168 valence electrons. The molecular weight excluding hydrogens is 414 g/mol. The molecule has 1 N–H and O–H groups in total. The van der Waals surface area contributed by atoms with E-state index in [4.69, 9.17) is 4.74 Å². The van der Waals surface area contributed by atoms with Gasteiger partial charge in [-0.2, -0.15) is 4.31 Å². The van der Waals surface area contributed by atoms with Gasteiger partial charge in [-0.05, 0) is 42.8 Å². The maximum Gasteiger partial charge on any atom is 0.251 e. The largest absolute Gasteiger partial charge is 0.491 e. The van der Waals surface area contributed by atoms with E-state index in [9.17, 15) is 13.2 Å². The molecule has 0 unspecified atom stereocenters. The van der Waals surface area contributed by atoms with Crippen molar-refractivity contribution < 1.29 is 17.9 Å². The van der Waals surface area contributed by atoms with Gasteiger partial charge in [-0.25, -0.2) is 8.42 Å². The smallest absolute Gasteiger partial charge is 0.251 e. The summed E-state index contributed by atoms with van der Waals surface area (Å²) in [7, 11) is -1.64. The summed E-state index contributed by atoms with van der Waals surface area (Å²) < 4.78 is 33.2. The van der Waals surface area contributed by atoms with Crippen molar-refractivity contribution in [3.05, 3.63) is 59.7 Å². The maximum atomic E-state index is 12.9. The summed E-state index contributed by atoms with van der Waals surface area (Å²) in [5.41, 5.74) is 1.44. The molecule has 1 heterocycles. The summed E-state index contributed by atoms with van der Waals surface area (Å²) in [6, 6.07) is 14.1. The Kier molecular flexibility index (Phi) is 7.69. The van der Waals surface area contributed by atoms with Gasteiger partial charge in [-0.1, -0.05) is 38.1 Å². The Labute approximate surface area is 185 Å². The molecule has 3 rings (SSSR count). The molecule has 0 radical (unpaired) electrons. The highest BCUT2D eigenvalue weighted by Crippen LogP contribution is 2.25. The zero-order valence-electron chi connectivity index (χ0n) is 18.4. The standard InChI is InChI=1S/C23H31N3O4S/c1-18(2)21-9-4-5-10-22(21)30-16-11-24-23(27)19-7-6-8-20(17-19)31(28,29)26-14-12-25(3)13-15-26/h4-10,17-18H,11-16H2,1-3H3,(H,24,27). The number of sulfonamides is 1. The van der Waals surface area contributed by atoms with Gasteiger partial charge in [0.1, 0.15) is 12.4 Å². The van der Waals surface area contributed by atoms with Crippen molar-refractivity contribution in [2.45, 2.75) is 24.7 Å². The van der Waals surface area contributed by atoms with Gasteiger partial charge < -0.3 is 15.0 Å². The van der Waals surface area contributed by atoms with Crippen LogP contribution in [0.3, 0.4) is 0 Å². The molecular formula is C23H31N3O4S. The van der Waals surface area contributed by atoms with Gasteiger partial charge in [-0.15, -0.1) is 0 Å². The number of benzene rings is 2. The first-order valence-corrected chi connectivity index (χ1v) is 12.0. The molecule has 8 heteroatoms. The van der Waals surface area contributed by atoms with E-state index in [0.717, 1.165) is 11.3 Å². The fourth-order valence-corrected chi connectivity index (χ4v) is 4.96. The highest BCUT2D eigenvalue weighted by atomic mass is 32.2. The number of para-hydroxylation sites is 1. The molecule has 2 aromatic carbocycles. The number of amides is 1. The lowest BCUT2D eigenvalue weighted by Gasteiger charge is -2.31. The third-order valence-corrected chi connectivity index (χ3v) is 7.28. The van der Waals surface area contributed by atoms with Crippen molar-refractivity contribution in [3.8, 4) is 5.75 Å². The number of nitrogens with one attached hydrogen (secondary N) is 1. The minimum atomic E-state index is -3.61. The lowest BCUT2D eigenvalue weighted by Crippen LogP contribution is -2.47. The molecule has 0 aromatic heterocycles. The van der Waals surface area contributed by atoms with E-state index >= 15 is 0 Å². The van der Waals surface area contributed by atoms with E-state index < -0.39 is 10.0 Å². The highest BCUT2D eigenvalue weighted by Gasteiger charge is 2.27. The fraction of sp³-hybridized carbons (Fsp3) is 0.435. The van der Waals surface area contributed by atoms with Crippen molar-refractivity contribution in [2.75, 3.05) is 46.4 Å². The van der Waals surface area contributed by atoms with Gasteiger partial charge in [0.05, 0.1) is 11.4 Å². The number of rotatable bonds is 8. The lowest BCUT2D eigenvalue weighted by molar-refractivity contribution is 0.0946. The Balaban J connectivity index is 1.58. The van der Waals surface area contributed by atoms with Gasteiger partial charge in [0.2, 0.25) is 10.0 Å². The Morgan fingerprint density at radius 2 is 1.77 bits per heavy atom. The Morgan fingerprint density at radius 3 is 2.48 bits per heavy atom. The second kappa shape index (κ2) is 10.3. The lowest BCUT2D eigenvalue weighted by atomic mass is 10.0. The van der Waals surface area contributed by atoms with Crippen LogP contribution in [0.25, 0.3) is 0 Å². The average molecular weight is 446 g/mol. The SMILES string of the molecule is CC(C)c1ccccc1OCCNC(=O)c1cccc(S(=O)(=O)N2CCN(C)CC2)c1. The molecule has 31 heavy (non-hydrogen) atoms. The molecule has 1 aliphatic heterocycles. The topological polar surface area (TPSA) is 78.9 Å². The molecule has 0 spiro atoms. The first kappa shape index (κ1) is 23.2. The van der Waals surface area contributed by atoms with Crippen molar-refractivity contribution in [2.24, 2.45) is 0 Å². The Morgan fingerprint density at radius 1 is 1.06 bits per heavy atom. The molecule has 1 amide bonds. The van der Waals surface area contributed by atoms with Gasteiger partial charge in [0.25, 0.3) is 5.91 Å². The number of carbonyl (C=O) groups is 1. The van der Waals surface area contributed by atoms with E-state index in [1.165, 1.54) is 16.4 Å². The van der Waals surface area contributed by atoms with E-state index in [1.807, 2.05) is 31.3 Å². The number of carbonyl (C=O) groups excluding carboxylic acids is 1. The quantitative estimate of drug-likeness (QED) is 0.632. The third kappa shape index (κ3) is 5.84. The summed E-state index contributed by atoms with van der Waals surface area (Å²) in [4.78, 5) is 14.8. The number of hydrogen-bond acceptors (Lipinski definition) is 5. The zero-order valence-corrected chi connectivity index (χ0v) is 19.2. The normalized spacial score (nSPS) is 15.7. The van der Waals surface area contributed by atoms with E-state index in [2.05, 4.69) is 24.1 Å². The third-order valence-electron chi connectivity index (χ3n) is 5.38. The Hall–Kier alpha value is -2.42. The van der Waals surface area contributed by atoms with E-state index in [0.29, 0.717) is 50.8 Å². The van der Waals surface area contributed by atoms with Gasteiger partial charge in [0.15, 0.2) is 0 Å². The molecule has 0 saturated carbocycles. The van der Waals surface area contributed by atoms with Crippen LogP contribution in [0.1, 0.15) is 35.7 Å². The van der Waals surface area contributed by atoms with E-state index in [-0.39, 0.29) is 10.8 Å². The zero-order chi connectivity index (χ0) is 22.4. The van der Waals surface area contributed by atoms with Gasteiger partial charge >= 0.3 is 0 Å². The van der Waals surface area contributed by atoms with Crippen LogP contribution < -0.4 is 10.1 Å². The van der Waals surface area contributed by atoms with Crippen LogP contribution in [-0.4, -0.2) is 69.9 Å². The summed E-state index contributed by atoms with van der Waals surface area (Å²) in [6.45, 7) is 7.14. The minimum absolute atomic E-state index is 0.145. The van der Waals surface area contributed by atoms with Crippen LogP contribution in [0.5, 0.6) is 5.75 Å². The number of piperazine rings is 1. The molecule has 0 atom stereocenters. The van der Waals surface area contributed by atoms with Crippen molar-refractivity contribution >= 4 is 15.9 Å². The average Bonchev–Trinajstić information content (AvgIpc) is 2.77. The number of ether oxygens (including phenoxy) is 1. The molecule has 1 aliphatic rings. The first-order valence-electron chi connectivity index (χ1n) is 10.6. The molecule has 1 saturated heterocycles. The van der Waals surface area contributed by atoms with Crippen LogP contribution in [0.2, 0.25) is 0 Å². The fourth-order valence-electron chi connectivity index (χ4n) is 3.49. The molecule has 2 aromatic rings. The number of nitrogens with zero attached hydrogens (tertiary/aromatic N) is 2. The van der Waals surface area contributed by atoms with Gasteiger partial charge in [0, 0.05) is 31.7 Å². The second-order valence-electron chi connectivity index (χ2n) is 8.03. The van der Waals surface area contributed by atoms with Crippen LogP contribution in [-0.2, 0) is 10.0 Å². The molecule has 0 aliphatic carbocycles. The molecule has 7 nitrogen and oxygen atoms in total. The van der Waals surface area contributed by atoms with Crippen molar-refractivity contribution in [3.63, 3.8) is 0 Å². The number of hydrogen-bond donors (Lipinski definition) is 1. The number of likely N-dealkylation sites (N-methyl/N-ethyl adjacent to an activating group) is 1. The summed E-state index contributed by atoms with van der Waals surface area (Å²) in [6.07, 6.45) is 0. The van der Waals surface area contributed by atoms with Crippen LogP contribution >= 0.6 is 0 Å². The van der Waals surface area contributed by atoms with Crippen molar-refractivity contribution in [1.29, 1.82) is 0 Å². The van der Waals surface area contributed by atoms with Gasteiger partial charge in [-0.3, -0.25) is 4.79 Å². The van der Waals surface area contributed by atoms with Crippen LogP contribution in [0.4, 0.5) is 0 Å². The summed E-state index contributed by atoms with van der Waals surface area (Å²) >= 11 is 0. The Bertz CT molecular complexity index is 999. The predicted molar refractivity (Wildman–Crippen MR) is 121 cm³/mol. The monoisotopic (exact) mass is 445 g/mol. The second-order valence-corrected chi connectivity index (χ2v) is 9.97. The molecule has 1 fully saturated rings. The van der Waals surface area contributed by atoms with E-state index in [1.54, 1.807) is 12.1 Å². The summed E-state index contributed by atoms with van der Waals surface area (Å²) in [5, 5.41) is 2.80. The summed E-state index contributed by atoms with van der Waals surface area (Å²) in [5.74, 6) is 0.832. The molecule has 0 bridgehead atoms. The maximum absolute atomic E-state index is 12.9. The predicted octanol–water partition coefficient (Wildman–Crippen LogP) is 2.55. The van der Waals surface area contributed by atoms with Crippen LogP contribution in [0, 0.1) is 0 Å². The highest BCUT2D eigenvalue weighted by molar-refractivity contribution is 7.89. The van der Waals surface area contributed by atoms with Crippen molar-refractivity contribution in [1.82, 2.24) is 14.5 Å². The first-order chi connectivity index (χ1) is 14.8.